The highest BCUT2D eigenvalue weighted by Crippen LogP contribution is 2.26. The third-order valence-corrected chi connectivity index (χ3v) is 5.36. The monoisotopic (exact) mass is 434 g/mol. The van der Waals surface area contributed by atoms with Gasteiger partial charge in [-0.2, -0.15) is 0 Å². The summed E-state index contributed by atoms with van der Waals surface area (Å²) in [6.07, 6.45) is 1.01. The highest BCUT2D eigenvalue weighted by molar-refractivity contribution is 6.34. The molecule has 0 saturated carbocycles. The SMILES string of the molecule is CC(C)Cc1ccc(C(C)C(=O)Nc2cc(C(=O)Nc3ccccc3)ccc2Cl)cc1. The van der Waals surface area contributed by atoms with E-state index < -0.39 is 0 Å². The molecule has 3 rings (SSSR count). The summed E-state index contributed by atoms with van der Waals surface area (Å²) in [7, 11) is 0. The number of hydrogen-bond acceptors (Lipinski definition) is 2. The van der Waals surface area contributed by atoms with Gasteiger partial charge in [-0.3, -0.25) is 9.59 Å². The van der Waals surface area contributed by atoms with Crippen molar-refractivity contribution in [3.05, 3.63) is 94.5 Å². The molecular formula is C26H27ClN2O2. The van der Waals surface area contributed by atoms with Crippen molar-refractivity contribution >= 4 is 34.8 Å². The van der Waals surface area contributed by atoms with Crippen molar-refractivity contribution in [2.45, 2.75) is 33.1 Å². The van der Waals surface area contributed by atoms with Gasteiger partial charge in [-0.25, -0.2) is 0 Å². The zero-order valence-corrected chi connectivity index (χ0v) is 18.7. The van der Waals surface area contributed by atoms with Gasteiger partial charge in [0.1, 0.15) is 0 Å². The topological polar surface area (TPSA) is 58.2 Å². The van der Waals surface area contributed by atoms with Crippen LogP contribution in [0.3, 0.4) is 0 Å². The van der Waals surface area contributed by atoms with Gasteiger partial charge in [0.15, 0.2) is 0 Å². The normalized spacial score (nSPS) is 11.8. The molecule has 4 nitrogen and oxygen atoms in total. The first kappa shape index (κ1) is 22.6. The fourth-order valence-corrected chi connectivity index (χ4v) is 3.46. The van der Waals surface area contributed by atoms with Crippen LogP contribution in [-0.4, -0.2) is 11.8 Å². The van der Waals surface area contributed by atoms with Crippen molar-refractivity contribution in [1.82, 2.24) is 0 Å². The smallest absolute Gasteiger partial charge is 0.255 e. The second-order valence-corrected chi connectivity index (χ2v) is 8.47. The van der Waals surface area contributed by atoms with Crippen LogP contribution >= 0.6 is 11.6 Å². The van der Waals surface area contributed by atoms with E-state index in [9.17, 15) is 9.59 Å². The fourth-order valence-electron chi connectivity index (χ4n) is 3.29. The lowest BCUT2D eigenvalue weighted by atomic mass is 9.96. The average Bonchev–Trinajstić information content (AvgIpc) is 2.75. The van der Waals surface area contributed by atoms with Gasteiger partial charge >= 0.3 is 0 Å². The number of para-hydroxylation sites is 1. The summed E-state index contributed by atoms with van der Waals surface area (Å²) in [6.45, 7) is 6.22. The number of nitrogens with one attached hydrogen (secondary N) is 2. The first-order valence-electron chi connectivity index (χ1n) is 10.4. The summed E-state index contributed by atoms with van der Waals surface area (Å²) < 4.78 is 0. The maximum atomic E-state index is 12.8. The van der Waals surface area contributed by atoms with Gasteiger partial charge in [0.2, 0.25) is 5.91 Å². The molecule has 160 valence electrons. The van der Waals surface area contributed by atoms with E-state index >= 15 is 0 Å². The summed E-state index contributed by atoms with van der Waals surface area (Å²) >= 11 is 6.28. The van der Waals surface area contributed by atoms with Crippen LogP contribution in [0.4, 0.5) is 11.4 Å². The number of amides is 2. The minimum Gasteiger partial charge on any atom is -0.324 e. The van der Waals surface area contributed by atoms with Crippen LogP contribution in [0, 0.1) is 5.92 Å². The van der Waals surface area contributed by atoms with Crippen LogP contribution in [0.15, 0.2) is 72.8 Å². The van der Waals surface area contributed by atoms with Crippen molar-refractivity contribution in [1.29, 1.82) is 0 Å². The molecule has 0 spiro atoms. The molecule has 2 amide bonds. The molecule has 3 aromatic carbocycles. The molecule has 0 saturated heterocycles. The minimum atomic E-state index is -0.356. The molecule has 0 fully saturated rings. The molecule has 0 aliphatic heterocycles. The lowest BCUT2D eigenvalue weighted by Gasteiger charge is -2.15. The van der Waals surface area contributed by atoms with Crippen molar-refractivity contribution in [3.63, 3.8) is 0 Å². The number of anilines is 2. The largest absolute Gasteiger partial charge is 0.324 e. The minimum absolute atomic E-state index is 0.181. The molecule has 3 aromatic rings. The predicted molar refractivity (Wildman–Crippen MR) is 128 cm³/mol. The Morgan fingerprint density at radius 1 is 0.871 bits per heavy atom. The number of benzene rings is 3. The Hall–Kier alpha value is -3.11. The Labute approximate surface area is 188 Å². The van der Waals surface area contributed by atoms with Gasteiger partial charge < -0.3 is 10.6 Å². The molecule has 0 aromatic heterocycles. The number of carbonyl (C=O) groups excluding carboxylic acids is 2. The lowest BCUT2D eigenvalue weighted by molar-refractivity contribution is -0.117. The maximum Gasteiger partial charge on any atom is 0.255 e. The molecule has 0 heterocycles. The zero-order valence-electron chi connectivity index (χ0n) is 18.0. The van der Waals surface area contributed by atoms with Gasteiger partial charge in [-0.15, -0.1) is 0 Å². The van der Waals surface area contributed by atoms with Gasteiger partial charge in [0, 0.05) is 11.3 Å². The Kier molecular flexibility index (Phi) is 7.48. The number of carbonyl (C=O) groups is 2. The molecule has 0 bridgehead atoms. The lowest BCUT2D eigenvalue weighted by Crippen LogP contribution is -2.20. The number of rotatable bonds is 7. The van der Waals surface area contributed by atoms with E-state index in [0.717, 1.165) is 12.0 Å². The molecule has 1 atom stereocenters. The van der Waals surface area contributed by atoms with E-state index in [4.69, 9.17) is 11.6 Å². The van der Waals surface area contributed by atoms with Crippen LogP contribution in [0.2, 0.25) is 5.02 Å². The van der Waals surface area contributed by atoms with E-state index in [1.807, 2.05) is 49.4 Å². The Bertz CT molecular complexity index is 1050. The second-order valence-electron chi connectivity index (χ2n) is 8.07. The van der Waals surface area contributed by atoms with Crippen molar-refractivity contribution in [2.24, 2.45) is 5.92 Å². The molecular weight excluding hydrogens is 408 g/mol. The Morgan fingerprint density at radius 3 is 2.19 bits per heavy atom. The highest BCUT2D eigenvalue weighted by atomic mass is 35.5. The average molecular weight is 435 g/mol. The quantitative estimate of drug-likeness (QED) is 0.444. The van der Waals surface area contributed by atoms with E-state index in [2.05, 4.69) is 36.6 Å². The summed E-state index contributed by atoms with van der Waals surface area (Å²) in [5.74, 6) is -0.225. The fraction of sp³-hybridized carbons (Fsp3) is 0.231. The third-order valence-electron chi connectivity index (χ3n) is 5.04. The van der Waals surface area contributed by atoms with E-state index in [1.54, 1.807) is 18.2 Å². The van der Waals surface area contributed by atoms with Crippen LogP contribution in [0.5, 0.6) is 0 Å². The van der Waals surface area contributed by atoms with Gasteiger partial charge in [0.05, 0.1) is 16.6 Å². The first-order valence-corrected chi connectivity index (χ1v) is 10.8. The van der Waals surface area contributed by atoms with E-state index in [1.165, 1.54) is 5.56 Å². The summed E-state index contributed by atoms with van der Waals surface area (Å²) in [5, 5.41) is 6.07. The first-order chi connectivity index (χ1) is 14.8. The number of hydrogen-bond donors (Lipinski definition) is 2. The van der Waals surface area contributed by atoms with Gasteiger partial charge in [0.25, 0.3) is 5.91 Å². The molecule has 0 radical (unpaired) electrons. The predicted octanol–water partition coefficient (Wildman–Crippen LogP) is 6.53. The summed E-state index contributed by atoms with van der Waals surface area (Å²) in [5.41, 5.74) is 3.71. The van der Waals surface area contributed by atoms with E-state index in [-0.39, 0.29) is 17.7 Å². The van der Waals surface area contributed by atoms with Crippen LogP contribution in [0.25, 0.3) is 0 Å². The second kappa shape index (κ2) is 10.3. The van der Waals surface area contributed by atoms with Crippen molar-refractivity contribution in [3.8, 4) is 0 Å². The molecule has 5 heteroatoms. The molecule has 1 unspecified atom stereocenters. The van der Waals surface area contributed by atoms with Gasteiger partial charge in [-0.1, -0.05) is 67.9 Å². The Morgan fingerprint density at radius 2 is 1.55 bits per heavy atom. The third kappa shape index (κ3) is 6.19. The molecule has 31 heavy (non-hydrogen) atoms. The molecule has 2 N–H and O–H groups in total. The summed E-state index contributed by atoms with van der Waals surface area (Å²) in [6, 6.07) is 22.2. The molecule has 0 aliphatic rings. The van der Waals surface area contributed by atoms with Crippen LogP contribution < -0.4 is 10.6 Å². The van der Waals surface area contributed by atoms with Crippen LogP contribution in [0.1, 0.15) is 48.2 Å². The Balaban J connectivity index is 1.70. The van der Waals surface area contributed by atoms with E-state index in [0.29, 0.717) is 27.9 Å². The number of halogens is 1. The zero-order chi connectivity index (χ0) is 22.4. The highest BCUT2D eigenvalue weighted by Gasteiger charge is 2.18. The maximum absolute atomic E-state index is 12.8. The molecule has 0 aliphatic carbocycles. The van der Waals surface area contributed by atoms with Crippen LogP contribution in [-0.2, 0) is 11.2 Å². The standard InChI is InChI=1S/C26H27ClN2O2/c1-17(2)15-19-9-11-20(12-10-19)18(3)25(30)29-24-16-21(13-14-23(24)27)26(31)28-22-7-5-4-6-8-22/h4-14,16-18H,15H2,1-3H3,(H,28,31)(H,29,30). The summed E-state index contributed by atoms with van der Waals surface area (Å²) in [4.78, 5) is 25.4. The van der Waals surface area contributed by atoms with Crippen molar-refractivity contribution in [2.75, 3.05) is 10.6 Å². The van der Waals surface area contributed by atoms with Crippen molar-refractivity contribution < 1.29 is 9.59 Å². The van der Waals surface area contributed by atoms with Gasteiger partial charge in [-0.05, 0) is 60.7 Å².